The van der Waals surface area contributed by atoms with E-state index in [1.807, 2.05) is 42.0 Å². The monoisotopic (exact) mass is 383 g/mol. The SMILES string of the molecule is COc1ccc(-n2c(C)cn3c4c(=O)n(CCCO)c(=O)n(C)c4nc23)cc1. The van der Waals surface area contributed by atoms with Crippen LogP contribution in [-0.4, -0.2) is 41.9 Å². The molecule has 1 aromatic carbocycles. The topological polar surface area (TPSA) is 95.7 Å². The molecule has 0 saturated carbocycles. The third kappa shape index (κ3) is 2.55. The number of rotatable bonds is 5. The van der Waals surface area contributed by atoms with Crippen LogP contribution in [0.1, 0.15) is 12.1 Å². The van der Waals surface area contributed by atoms with Gasteiger partial charge in [0.15, 0.2) is 11.2 Å². The Labute approximate surface area is 159 Å². The van der Waals surface area contributed by atoms with Crippen molar-refractivity contribution >= 4 is 16.9 Å². The fraction of sp³-hybridized carbons (Fsp3) is 0.316. The number of aryl methyl sites for hydroxylation is 2. The van der Waals surface area contributed by atoms with Gasteiger partial charge in [-0.25, -0.2) is 4.79 Å². The number of nitrogens with zero attached hydrogens (tertiary/aromatic N) is 5. The van der Waals surface area contributed by atoms with Crippen LogP contribution < -0.4 is 16.0 Å². The lowest BCUT2D eigenvalue weighted by Gasteiger charge is -2.07. The highest BCUT2D eigenvalue weighted by Gasteiger charge is 2.20. The molecule has 4 rings (SSSR count). The Hall–Kier alpha value is -3.33. The molecule has 4 aromatic rings. The van der Waals surface area contributed by atoms with Crippen LogP contribution in [0.2, 0.25) is 0 Å². The summed E-state index contributed by atoms with van der Waals surface area (Å²) in [6.07, 6.45) is 2.16. The van der Waals surface area contributed by atoms with E-state index >= 15 is 0 Å². The molecule has 0 aliphatic carbocycles. The van der Waals surface area contributed by atoms with Gasteiger partial charge in [-0.15, -0.1) is 0 Å². The zero-order valence-electron chi connectivity index (χ0n) is 15.9. The number of aliphatic hydroxyl groups excluding tert-OH is 1. The van der Waals surface area contributed by atoms with E-state index in [9.17, 15) is 9.59 Å². The van der Waals surface area contributed by atoms with Gasteiger partial charge in [-0.3, -0.25) is 22.9 Å². The number of imidazole rings is 2. The Morgan fingerprint density at radius 2 is 1.89 bits per heavy atom. The van der Waals surface area contributed by atoms with Crippen molar-refractivity contribution < 1.29 is 9.84 Å². The molecule has 9 heteroatoms. The zero-order chi connectivity index (χ0) is 20.0. The van der Waals surface area contributed by atoms with E-state index in [-0.39, 0.29) is 13.2 Å². The van der Waals surface area contributed by atoms with Gasteiger partial charge in [0.1, 0.15) is 5.75 Å². The molecule has 0 amide bonds. The maximum Gasteiger partial charge on any atom is 0.332 e. The first-order valence-electron chi connectivity index (χ1n) is 8.93. The van der Waals surface area contributed by atoms with Gasteiger partial charge in [0.05, 0.1) is 7.11 Å². The molecule has 9 nitrogen and oxygen atoms in total. The normalized spacial score (nSPS) is 11.6. The number of fused-ring (bicyclic) bond motifs is 3. The number of hydrogen-bond donors (Lipinski definition) is 1. The van der Waals surface area contributed by atoms with Crippen LogP contribution in [0.3, 0.4) is 0 Å². The van der Waals surface area contributed by atoms with Gasteiger partial charge in [-0.2, -0.15) is 4.98 Å². The largest absolute Gasteiger partial charge is 0.497 e. The minimum absolute atomic E-state index is 0.0948. The molecule has 3 heterocycles. The maximum absolute atomic E-state index is 13.0. The summed E-state index contributed by atoms with van der Waals surface area (Å²) >= 11 is 0. The molecule has 3 aromatic heterocycles. The van der Waals surface area contributed by atoms with E-state index in [1.165, 1.54) is 4.57 Å². The standard InChI is InChI=1S/C19H21N5O4/c1-12-11-23-15-16(21(2)19(27)22(17(15)26)9-4-10-25)20-18(23)24(12)13-5-7-14(28-3)8-6-13/h5-8,11,25H,4,9-10H2,1-3H3. The van der Waals surface area contributed by atoms with Crippen molar-refractivity contribution in [3.63, 3.8) is 0 Å². The minimum Gasteiger partial charge on any atom is -0.497 e. The van der Waals surface area contributed by atoms with Crippen LogP contribution in [0.5, 0.6) is 5.75 Å². The molecule has 0 aliphatic heterocycles. The molecule has 0 radical (unpaired) electrons. The second kappa shape index (κ2) is 6.68. The molecule has 1 N–H and O–H groups in total. The van der Waals surface area contributed by atoms with Crippen LogP contribution in [0.25, 0.3) is 22.6 Å². The quantitative estimate of drug-likeness (QED) is 0.551. The first-order valence-corrected chi connectivity index (χ1v) is 8.93. The van der Waals surface area contributed by atoms with Gasteiger partial charge < -0.3 is 9.84 Å². The number of hydrogen-bond acceptors (Lipinski definition) is 5. The lowest BCUT2D eigenvalue weighted by atomic mass is 10.3. The van der Waals surface area contributed by atoms with Gasteiger partial charge in [-0.1, -0.05) is 0 Å². The van der Waals surface area contributed by atoms with Gasteiger partial charge in [0.2, 0.25) is 5.78 Å². The lowest BCUT2D eigenvalue weighted by molar-refractivity contribution is 0.277. The molecular formula is C19H21N5O4. The van der Waals surface area contributed by atoms with E-state index in [0.717, 1.165) is 21.7 Å². The van der Waals surface area contributed by atoms with Crippen LogP contribution in [0, 0.1) is 6.92 Å². The average Bonchev–Trinajstić information content (AvgIpc) is 3.21. The maximum atomic E-state index is 13.0. The highest BCUT2D eigenvalue weighted by Crippen LogP contribution is 2.22. The van der Waals surface area contributed by atoms with Crippen molar-refractivity contribution in [3.8, 4) is 11.4 Å². The molecule has 0 bridgehead atoms. The van der Waals surface area contributed by atoms with Crippen LogP contribution in [0.4, 0.5) is 0 Å². The summed E-state index contributed by atoms with van der Waals surface area (Å²) in [6.45, 7) is 1.99. The fourth-order valence-corrected chi connectivity index (χ4v) is 3.49. The molecule has 0 spiro atoms. The minimum atomic E-state index is -0.445. The Bertz CT molecular complexity index is 1290. The summed E-state index contributed by atoms with van der Waals surface area (Å²) in [5.74, 6) is 1.29. The van der Waals surface area contributed by atoms with E-state index in [2.05, 4.69) is 4.98 Å². The van der Waals surface area contributed by atoms with Crippen molar-refractivity contribution in [2.24, 2.45) is 7.05 Å². The predicted molar refractivity (Wildman–Crippen MR) is 105 cm³/mol. The van der Waals surface area contributed by atoms with Crippen molar-refractivity contribution in [1.82, 2.24) is 23.1 Å². The molecule has 0 atom stereocenters. The van der Waals surface area contributed by atoms with Crippen molar-refractivity contribution in [2.75, 3.05) is 13.7 Å². The van der Waals surface area contributed by atoms with Gasteiger partial charge in [0, 0.05) is 37.8 Å². The summed E-state index contributed by atoms with van der Waals surface area (Å²) in [5, 5.41) is 9.07. The van der Waals surface area contributed by atoms with Crippen molar-refractivity contribution in [2.45, 2.75) is 19.9 Å². The molecule has 0 saturated heterocycles. The molecular weight excluding hydrogens is 362 g/mol. The summed E-state index contributed by atoms with van der Waals surface area (Å²) in [7, 11) is 3.20. The van der Waals surface area contributed by atoms with Crippen LogP contribution in [0.15, 0.2) is 40.1 Å². The summed E-state index contributed by atoms with van der Waals surface area (Å²) in [4.78, 5) is 30.2. The first-order chi connectivity index (χ1) is 13.5. The van der Waals surface area contributed by atoms with Crippen molar-refractivity contribution in [3.05, 3.63) is 57.0 Å². The first kappa shape index (κ1) is 18.1. The number of benzene rings is 1. The smallest absolute Gasteiger partial charge is 0.332 e. The van der Waals surface area contributed by atoms with Crippen LogP contribution >= 0.6 is 0 Å². The van der Waals surface area contributed by atoms with E-state index in [4.69, 9.17) is 9.84 Å². The van der Waals surface area contributed by atoms with E-state index < -0.39 is 11.2 Å². The highest BCUT2D eigenvalue weighted by atomic mass is 16.5. The zero-order valence-corrected chi connectivity index (χ0v) is 15.9. The second-order valence-electron chi connectivity index (χ2n) is 6.63. The number of aromatic nitrogens is 5. The Kier molecular flexibility index (Phi) is 4.31. The van der Waals surface area contributed by atoms with Gasteiger partial charge >= 0.3 is 5.69 Å². The Morgan fingerprint density at radius 1 is 1.18 bits per heavy atom. The average molecular weight is 383 g/mol. The van der Waals surface area contributed by atoms with Gasteiger partial charge in [0.25, 0.3) is 5.56 Å². The van der Waals surface area contributed by atoms with E-state index in [0.29, 0.717) is 23.4 Å². The Morgan fingerprint density at radius 3 is 2.54 bits per heavy atom. The third-order valence-corrected chi connectivity index (χ3v) is 4.90. The highest BCUT2D eigenvalue weighted by molar-refractivity contribution is 5.76. The molecule has 28 heavy (non-hydrogen) atoms. The summed E-state index contributed by atoms with van der Waals surface area (Å²) in [5.41, 5.74) is 1.57. The molecule has 146 valence electrons. The fourth-order valence-electron chi connectivity index (χ4n) is 3.49. The van der Waals surface area contributed by atoms with Crippen molar-refractivity contribution in [1.29, 1.82) is 0 Å². The summed E-state index contributed by atoms with van der Waals surface area (Å²) < 4.78 is 11.4. The lowest BCUT2D eigenvalue weighted by Crippen LogP contribution is -2.39. The van der Waals surface area contributed by atoms with Crippen LogP contribution in [-0.2, 0) is 13.6 Å². The van der Waals surface area contributed by atoms with Gasteiger partial charge in [-0.05, 0) is 37.6 Å². The number of methoxy groups -OCH3 is 1. The second-order valence-corrected chi connectivity index (χ2v) is 6.63. The van der Waals surface area contributed by atoms with E-state index in [1.54, 1.807) is 18.6 Å². The molecule has 0 aliphatic rings. The Balaban J connectivity index is 2.03. The number of ether oxygens (including phenoxy) is 1. The predicted octanol–water partition coefficient (Wildman–Crippen LogP) is 0.838. The number of aliphatic hydroxyl groups is 1. The molecule has 0 fully saturated rings. The molecule has 0 unspecified atom stereocenters. The summed E-state index contributed by atoms with van der Waals surface area (Å²) in [6, 6.07) is 7.52. The third-order valence-electron chi connectivity index (χ3n) is 4.90.